The van der Waals surface area contributed by atoms with Gasteiger partial charge in [-0.15, -0.1) is 11.8 Å². The first-order chi connectivity index (χ1) is 9.84. The number of benzene rings is 1. The van der Waals surface area contributed by atoms with E-state index in [0.29, 0.717) is 11.7 Å². The minimum atomic E-state index is -0.0508. The number of rotatable bonds is 3. The normalized spacial score (nSPS) is 18.9. The van der Waals surface area contributed by atoms with Crippen LogP contribution in [0.15, 0.2) is 54.9 Å². The molecule has 100 valence electrons. The second-order valence-electron chi connectivity index (χ2n) is 4.28. The number of aromatic nitrogens is 2. The van der Waals surface area contributed by atoms with Crippen molar-refractivity contribution in [3.8, 4) is 0 Å². The lowest BCUT2D eigenvalue weighted by atomic mass is 10.2. The van der Waals surface area contributed by atoms with Crippen molar-refractivity contribution in [2.45, 2.75) is 5.37 Å². The summed E-state index contributed by atoms with van der Waals surface area (Å²) < 4.78 is 0. The molecule has 1 saturated heterocycles. The maximum atomic E-state index is 12.0. The zero-order valence-electron chi connectivity index (χ0n) is 10.7. The second kappa shape index (κ2) is 5.88. The first-order valence-corrected chi connectivity index (χ1v) is 7.33. The Kier molecular flexibility index (Phi) is 3.78. The molecule has 2 heterocycles. The van der Waals surface area contributed by atoms with Crippen molar-refractivity contribution in [2.75, 3.05) is 10.7 Å². The summed E-state index contributed by atoms with van der Waals surface area (Å²) in [6.07, 6.45) is 7.33. The van der Waals surface area contributed by atoms with Crippen LogP contribution in [-0.4, -0.2) is 27.0 Å². The smallest absolute Gasteiger partial charge is 0.240 e. The van der Waals surface area contributed by atoms with E-state index in [9.17, 15) is 4.79 Å². The highest BCUT2D eigenvalue weighted by Gasteiger charge is 2.32. The van der Waals surface area contributed by atoms with E-state index in [1.165, 1.54) is 0 Å². The predicted molar refractivity (Wildman–Crippen MR) is 81.2 cm³/mol. The fourth-order valence-electron chi connectivity index (χ4n) is 1.98. The van der Waals surface area contributed by atoms with Gasteiger partial charge in [-0.05, 0) is 11.6 Å². The van der Waals surface area contributed by atoms with Crippen LogP contribution in [0.5, 0.6) is 0 Å². The summed E-state index contributed by atoms with van der Waals surface area (Å²) in [5, 5.41) is -0.0508. The lowest BCUT2D eigenvalue weighted by Gasteiger charge is -2.18. The molecular formula is C15H13N3OS. The summed E-state index contributed by atoms with van der Waals surface area (Å²) in [6.45, 7) is 0. The van der Waals surface area contributed by atoms with Gasteiger partial charge >= 0.3 is 0 Å². The Morgan fingerprint density at radius 3 is 2.65 bits per heavy atom. The number of hydrogen-bond donors (Lipinski definition) is 0. The highest BCUT2D eigenvalue weighted by molar-refractivity contribution is 8.01. The predicted octanol–water partition coefficient (Wildman–Crippen LogP) is 2.60. The van der Waals surface area contributed by atoms with E-state index < -0.39 is 0 Å². The molecule has 4 nitrogen and oxygen atoms in total. The van der Waals surface area contributed by atoms with E-state index in [1.807, 2.05) is 42.5 Å². The Balaban J connectivity index is 1.82. The van der Waals surface area contributed by atoms with Crippen LogP contribution in [0, 0.1) is 0 Å². The van der Waals surface area contributed by atoms with Gasteiger partial charge in [0.1, 0.15) is 5.37 Å². The molecular weight excluding hydrogens is 270 g/mol. The molecule has 0 radical (unpaired) electrons. The van der Waals surface area contributed by atoms with Crippen LogP contribution in [0.25, 0.3) is 6.08 Å². The molecule has 0 saturated carbocycles. The Morgan fingerprint density at radius 1 is 1.15 bits per heavy atom. The summed E-state index contributed by atoms with van der Waals surface area (Å²) in [5.41, 5.74) is 1.11. The number of nitrogens with zero attached hydrogens (tertiary/aromatic N) is 3. The first kappa shape index (κ1) is 12.9. The fourth-order valence-corrected chi connectivity index (χ4v) is 2.99. The van der Waals surface area contributed by atoms with E-state index in [2.05, 4.69) is 9.97 Å². The van der Waals surface area contributed by atoms with E-state index in [-0.39, 0.29) is 11.3 Å². The van der Waals surface area contributed by atoms with Gasteiger partial charge in [-0.3, -0.25) is 9.69 Å². The standard InChI is InChI=1S/C15H13N3OS/c19-13-11-20-14(8-7-12-5-2-1-3-6-12)18(13)15-16-9-4-10-17-15/h1-10,14H,11H2. The molecule has 5 heteroatoms. The van der Waals surface area contributed by atoms with E-state index >= 15 is 0 Å². The van der Waals surface area contributed by atoms with Gasteiger partial charge in [0.15, 0.2) is 0 Å². The Morgan fingerprint density at radius 2 is 1.90 bits per heavy atom. The van der Waals surface area contributed by atoms with Crippen molar-refractivity contribution >= 4 is 29.7 Å². The van der Waals surface area contributed by atoms with Crippen molar-refractivity contribution < 1.29 is 4.79 Å². The van der Waals surface area contributed by atoms with E-state index in [0.717, 1.165) is 5.56 Å². The van der Waals surface area contributed by atoms with Crippen molar-refractivity contribution in [1.82, 2.24) is 9.97 Å². The molecule has 1 atom stereocenters. The van der Waals surface area contributed by atoms with Crippen LogP contribution in [0.2, 0.25) is 0 Å². The van der Waals surface area contributed by atoms with Crippen molar-refractivity contribution in [1.29, 1.82) is 0 Å². The summed E-state index contributed by atoms with van der Waals surface area (Å²) >= 11 is 1.58. The van der Waals surface area contributed by atoms with Gasteiger partial charge in [-0.2, -0.15) is 0 Å². The SMILES string of the molecule is O=C1CSC(C=Cc2ccccc2)N1c1ncccn1. The number of anilines is 1. The largest absolute Gasteiger partial charge is 0.273 e. The Bertz CT molecular complexity index is 616. The molecule has 1 amide bonds. The molecule has 0 spiro atoms. The number of thioether (sulfide) groups is 1. The quantitative estimate of drug-likeness (QED) is 0.868. The first-order valence-electron chi connectivity index (χ1n) is 6.28. The zero-order chi connectivity index (χ0) is 13.8. The number of carbonyl (C=O) groups excluding carboxylic acids is 1. The monoisotopic (exact) mass is 283 g/mol. The summed E-state index contributed by atoms with van der Waals surface area (Å²) in [4.78, 5) is 22.0. The number of amides is 1. The van der Waals surface area contributed by atoms with Crippen molar-refractivity contribution in [2.24, 2.45) is 0 Å². The summed E-state index contributed by atoms with van der Waals surface area (Å²) in [6, 6.07) is 11.8. The van der Waals surface area contributed by atoms with E-state index in [1.54, 1.807) is 35.1 Å². The van der Waals surface area contributed by atoms with Gasteiger partial charge in [0.2, 0.25) is 11.9 Å². The average Bonchev–Trinajstić information content (AvgIpc) is 2.88. The van der Waals surface area contributed by atoms with Gasteiger partial charge in [0.25, 0.3) is 0 Å². The minimum Gasteiger partial charge on any atom is -0.273 e. The van der Waals surface area contributed by atoms with Crippen LogP contribution in [0.1, 0.15) is 5.56 Å². The average molecular weight is 283 g/mol. The topological polar surface area (TPSA) is 46.1 Å². The minimum absolute atomic E-state index is 0.0453. The fraction of sp³-hybridized carbons (Fsp3) is 0.133. The van der Waals surface area contributed by atoms with Gasteiger partial charge in [-0.1, -0.05) is 42.5 Å². The highest BCUT2D eigenvalue weighted by atomic mass is 32.2. The lowest BCUT2D eigenvalue weighted by Crippen LogP contribution is -2.32. The molecule has 1 aliphatic heterocycles. The van der Waals surface area contributed by atoms with Crippen LogP contribution in [0.3, 0.4) is 0 Å². The van der Waals surface area contributed by atoms with Crippen LogP contribution in [-0.2, 0) is 4.79 Å². The maximum Gasteiger partial charge on any atom is 0.240 e. The molecule has 0 N–H and O–H groups in total. The van der Waals surface area contributed by atoms with Crippen LogP contribution >= 0.6 is 11.8 Å². The summed E-state index contributed by atoms with van der Waals surface area (Å²) in [5.74, 6) is 0.969. The number of hydrogen-bond acceptors (Lipinski definition) is 4. The zero-order valence-corrected chi connectivity index (χ0v) is 11.5. The molecule has 1 aromatic carbocycles. The molecule has 1 aliphatic rings. The Hall–Kier alpha value is -2.14. The molecule has 0 aliphatic carbocycles. The van der Waals surface area contributed by atoms with Gasteiger partial charge in [0, 0.05) is 12.4 Å². The summed E-state index contributed by atoms with van der Waals surface area (Å²) in [7, 11) is 0. The van der Waals surface area contributed by atoms with Crippen molar-refractivity contribution in [3.63, 3.8) is 0 Å². The molecule has 1 unspecified atom stereocenters. The second-order valence-corrected chi connectivity index (χ2v) is 5.39. The molecule has 20 heavy (non-hydrogen) atoms. The van der Waals surface area contributed by atoms with Gasteiger partial charge in [-0.25, -0.2) is 9.97 Å². The third-order valence-electron chi connectivity index (χ3n) is 2.92. The molecule has 1 aromatic heterocycles. The van der Waals surface area contributed by atoms with Crippen molar-refractivity contribution in [3.05, 3.63) is 60.4 Å². The lowest BCUT2D eigenvalue weighted by molar-refractivity contribution is -0.115. The number of carbonyl (C=O) groups is 1. The molecule has 1 fully saturated rings. The molecule has 3 rings (SSSR count). The van der Waals surface area contributed by atoms with Crippen LogP contribution in [0.4, 0.5) is 5.95 Å². The third kappa shape index (κ3) is 2.72. The molecule has 0 bridgehead atoms. The Labute approximate surface area is 121 Å². The third-order valence-corrected chi connectivity index (χ3v) is 4.04. The van der Waals surface area contributed by atoms with Gasteiger partial charge in [0.05, 0.1) is 5.75 Å². The van der Waals surface area contributed by atoms with Crippen LogP contribution < -0.4 is 4.90 Å². The van der Waals surface area contributed by atoms with Gasteiger partial charge < -0.3 is 0 Å². The molecule has 2 aromatic rings. The van der Waals surface area contributed by atoms with E-state index in [4.69, 9.17) is 0 Å². The maximum absolute atomic E-state index is 12.0. The highest BCUT2D eigenvalue weighted by Crippen LogP contribution is 2.29.